The molecule has 1 unspecified atom stereocenters. The van der Waals surface area contributed by atoms with Crippen LogP contribution in [0.4, 0.5) is 4.39 Å². The van der Waals surface area contributed by atoms with Gasteiger partial charge in [0, 0.05) is 13.1 Å². The first-order chi connectivity index (χ1) is 8.95. The SMILES string of the molecule is Cc1ccc(F)cc1S(=O)(=O)N1CCOC(CO)C1. The van der Waals surface area contributed by atoms with Crippen LogP contribution >= 0.6 is 0 Å². The third-order valence-electron chi connectivity index (χ3n) is 3.07. The molecule has 7 heteroatoms. The first-order valence-corrected chi connectivity index (χ1v) is 7.38. The lowest BCUT2D eigenvalue weighted by molar-refractivity contribution is -0.0304. The van der Waals surface area contributed by atoms with E-state index in [-0.39, 0.29) is 31.2 Å². The van der Waals surface area contributed by atoms with Crippen molar-refractivity contribution in [2.45, 2.75) is 17.9 Å². The number of halogens is 1. The highest BCUT2D eigenvalue weighted by Crippen LogP contribution is 2.22. The molecule has 1 aliphatic rings. The van der Waals surface area contributed by atoms with Gasteiger partial charge in [-0.2, -0.15) is 4.31 Å². The monoisotopic (exact) mass is 289 g/mol. The fourth-order valence-corrected chi connectivity index (χ4v) is 3.70. The maximum atomic E-state index is 13.2. The Hall–Kier alpha value is -1.02. The van der Waals surface area contributed by atoms with Crippen LogP contribution in [0.25, 0.3) is 0 Å². The van der Waals surface area contributed by atoms with E-state index in [4.69, 9.17) is 9.84 Å². The van der Waals surface area contributed by atoms with Gasteiger partial charge in [-0.05, 0) is 24.6 Å². The molecule has 0 aromatic heterocycles. The summed E-state index contributed by atoms with van der Waals surface area (Å²) in [6.07, 6.45) is -0.530. The molecular weight excluding hydrogens is 273 g/mol. The molecule has 0 saturated carbocycles. The normalized spacial score (nSPS) is 21.5. The van der Waals surface area contributed by atoms with E-state index in [0.717, 1.165) is 6.07 Å². The fourth-order valence-electron chi connectivity index (χ4n) is 2.01. The van der Waals surface area contributed by atoms with Crippen molar-refractivity contribution in [1.82, 2.24) is 4.31 Å². The minimum atomic E-state index is -3.76. The number of sulfonamides is 1. The predicted molar refractivity (Wildman–Crippen MR) is 66.7 cm³/mol. The van der Waals surface area contributed by atoms with Crippen LogP contribution in [0.15, 0.2) is 23.1 Å². The molecule has 0 amide bonds. The number of morpholine rings is 1. The second-order valence-electron chi connectivity index (χ2n) is 4.45. The van der Waals surface area contributed by atoms with E-state index in [0.29, 0.717) is 5.56 Å². The van der Waals surface area contributed by atoms with Crippen molar-refractivity contribution in [1.29, 1.82) is 0 Å². The number of hydrogen-bond donors (Lipinski definition) is 1. The zero-order valence-corrected chi connectivity index (χ0v) is 11.4. The molecule has 1 aromatic rings. The molecule has 1 fully saturated rings. The summed E-state index contributed by atoms with van der Waals surface area (Å²) < 4.78 is 44.6. The minimum absolute atomic E-state index is 0.0360. The number of benzene rings is 1. The Morgan fingerprint density at radius 1 is 1.53 bits per heavy atom. The summed E-state index contributed by atoms with van der Waals surface area (Å²) in [4.78, 5) is -0.0360. The maximum absolute atomic E-state index is 13.2. The summed E-state index contributed by atoms with van der Waals surface area (Å²) in [5.74, 6) is -0.587. The lowest BCUT2D eigenvalue weighted by atomic mass is 10.2. The number of aliphatic hydroxyl groups is 1. The number of hydrogen-bond acceptors (Lipinski definition) is 4. The topological polar surface area (TPSA) is 66.8 Å². The van der Waals surface area contributed by atoms with Crippen LogP contribution in [0.5, 0.6) is 0 Å². The highest BCUT2D eigenvalue weighted by Gasteiger charge is 2.31. The van der Waals surface area contributed by atoms with E-state index in [1.165, 1.54) is 16.4 Å². The Morgan fingerprint density at radius 3 is 2.95 bits per heavy atom. The van der Waals surface area contributed by atoms with Gasteiger partial charge in [-0.1, -0.05) is 6.07 Å². The van der Waals surface area contributed by atoms with Crippen LogP contribution in [-0.2, 0) is 14.8 Å². The van der Waals surface area contributed by atoms with Gasteiger partial charge in [0.15, 0.2) is 0 Å². The van der Waals surface area contributed by atoms with E-state index in [2.05, 4.69) is 0 Å². The van der Waals surface area contributed by atoms with Crippen molar-refractivity contribution in [3.8, 4) is 0 Å². The van der Waals surface area contributed by atoms with Gasteiger partial charge in [0.05, 0.1) is 24.2 Å². The van der Waals surface area contributed by atoms with Gasteiger partial charge in [0.1, 0.15) is 5.82 Å². The van der Waals surface area contributed by atoms with Gasteiger partial charge >= 0.3 is 0 Å². The summed E-state index contributed by atoms with van der Waals surface area (Å²) >= 11 is 0. The third kappa shape index (κ3) is 2.94. The lowest BCUT2D eigenvalue weighted by Gasteiger charge is -2.31. The Balaban J connectivity index is 2.34. The van der Waals surface area contributed by atoms with Gasteiger partial charge < -0.3 is 9.84 Å². The van der Waals surface area contributed by atoms with Crippen molar-refractivity contribution >= 4 is 10.0 Å². The molecule has 0 spiro atoms. The summed E-state index contributed by atoms with van der Waals surface area (Å²) in [6, 6.07) is 3.68. The Bertz CT molecular complexity index is 561. The number of nitrogens with zero attached hydrogens (tertiary/aromatic N) is 1. The molecule has 2 rings (SSSR count). The highest BCUT2D eigenvalue weighted by molar-refractivity contribution is 7.89. The van der Waals surface area contributed by atoms with Crippen molar-refractivity contribution in [2.24, 2.45) is 0 Å². The number of rotatable bonds is 3. The van der Waals surface area contributed by atoms with Gasteiger partial charge in [-0.25, -0.2) is 12.8 Å². The van der Waals surface area contributed by atoms with Gasteiger partial charge in [0.2, 0.25) is 10.0 Å². The van der Waals surface area contributed by atoms with Crippen LogP contribution in [0, 0.1) is 12.7 Å². The maximum Gasteiger partial charge on any atom is 0.243 e. The van der Waals surface area contributed by atoms with Crippen molar-refractivity contribution in [3.63, 3.8) is 0 Å². The Kier molecular flexibility index (Phi) is 4.19. The standard InChI is InChI=1S/C12H16FNO4S/c1-9-2-3-10(13)6-12(9)19(16,17)14-4-5-18-11(7-14)8-15/h2-3,6,11,15H,4-5,7-8H2,1H3. The number of aryl methyl sites for hydroxylation is 1. The fraction of sp³-hybridized carbons (Fsp3) is 0.500. The highest BCUT2D eigenvalue weighted by atomic mass is 32.2. The summed E-state index contributed by atoms with van der Waals surface area (Å²) in [7, 11) is -3.76. The van der Waals surface area contributed by atoms with E-state index in [1.54, 1.807) is 6.92 Å². The molecule has 1 N–H and O–H groups in total. The average Bonchev–Trinajstić information content (AvgIpc) is 2.41. The van der Waals surface area contributed by atoms with Gasteiger partial charge in [-0.15, -0.1) is 0 Å². The zero-order valence-electron chi connectivity index (χ0n) is 10.5. The lowest BCUT2D eigenvalue weighted by Crippen LogP contribution is -2.46. The Morgan fingerprint density at radius 2 is 2.26 bits per heavy atom. The molecule has 0 bridgehead atoms. The third-order valence-corrected chi connectivity index (χ3v) is 5.08. The second-order valence-corrected chi connectivity index (χ2v) is 6.35. The quantitative estimate of drug-likeness (QED) is 0.881. The summed E-state index contributed by atoms with van der Waals surface area (Å²) in [5.41, 5.74) is 0.494. The second kappa shape index (κ2) is 5.54. The molecule has 0 radical (unpaired) electrons. The number of aliphatic hydroxyl groups excluding tert-OH is 1. The molecule has 5 nitrogen and oxygen atoms in total. The predicted octanol–water partition coefficient (Wildman–Crippen LogP) is 0.516. The first-order valence-electron chi connectivity index (χ1n) is 5.94. The van der Waals surface area contributed by atoms with Crippen LogP contribution in [-0.4, -0.2) is 50.2 Å². The average molecular weight is 289 g/mol. The molecule has 1 aliphatic heterocycles. The van der Waals surface area contributed by atoms with E-state index in [1.807, 2.05) is 0 Å². The molecule has 106 valence electrons. The van der Waals surface area contributed by atoms with E-state index >= 15 is 0 Å². The molecule has 19 heavy (non-hydrogen) atoms. The van der Waals surface area contributed by atoms with Gasteiger partial charge in [-0.3, -0.25) is 0 Å². The van der Waals surface area contributed by atoms with Crippen LogP contribution in [0.1, 0.15) is 5.56 Å². The zero-order chi connectivity index (χ0) is 14.0. The first kappa shape index (κ1) is 14.4. The minimum Gasteiger partial charge on any atom is -0.394 e. The molecule has 1 heterocycles. The van der Waals surface area contributed by atoms with Crippen molar-refractivity contribution in [3.05, 3.63) is 29.6 Å². The van der Waals surface area contributed by atoms with Crippen LogP contribution < -0.4 is 0 Å². The Labute approximate surface area is 111 Å². The molecular formula is C12H16FNO4S. The van der Waals surface area contributed by atoms with Crippen molar-refractivity contribution in [2.75, 3.05) is 26.3 Å². The molecule has 1 atom stereocenters. The van der Waals surface area contributed by atoms with Gasteiger partial charge in [0.25, 0.3) is 0 Å². The van der Waals surface area contributed by atoms with Crippen LogP contribution in [0.2, 0.25) is 0 Å². The van der Waals surface area contributed by atoms with E-state index < -0.39 is 21.9 Å². The van der Waals surface area contributed by atoms with Crippen LogP contribution in [0.3, 0.4) is 0 Å². The molecule has 0 aliphatic carbocycles. The summed E-state index contributed by atoms with van der Waals surface area (Å²) in [5, 5.41) is 9.04. The smallest absolute Gasteiger partial charge is 0.243 e. The largest absolute Gasteiger partial charge is 0.394 e. The summed E-state index contributed by atoms with van der Waals surface area (Å²) in [6.45, 7) is 1.88. The molecule has 1 aromatic carbocycles. The number of ether oxygens (including phenoxy) is 1. The van der Waals surface area contributed by atoms with E-state index in [9.17, 15) is 12.8 Å². The molecule has 1 saturated heterocycles. The van der Waals surface area contributed by atoms with Crippen molar-refractivity contribution < 1.29 is 22.7 Å².